The summed E-state index contributed by atoms with van der Waals surface area (Å²) >= 11 is 0. The third-order valence-electron chi connectivity index (χ3n) is 3.05. The van der Waals surface area contributed by atoms with Gasteiger partial charge in [-0.15, -0.1) is 0 Å². The fourth-order valence-corrected chi connectivity index (χ4v) is 2.21. The third kappa shape index (κ3) is 1.73. The molecule has 17 heavy (non-hydrogen) atoms. The van der Waals surface area contributed by atoms with Crippen LogP contribution in [-0.4, -0.2) is 9.55 Å². The van der Waals surface area contributed by atoms with Gasteiger partial charge in [-0.2, -0.15) is 0 Å². The number of nitrogens with zero attached hydrogens (tertiary/aromatic N) is 2. The highest BCUT2D eigenvalue weighted by atomic mass is 16.3. The first-order valence-electron chi connectivity index (χ1n) is 5.67. The Kier molecular flexibility index (Phi) is 2.25. The van der Waals surface area contributed by atoms with Crippen molar-refractivity contribution >= 4 is 10.9 Å². The summed E-state index contributed by atoms with van der Waals surface area (Å²) in [5.74, 6) is 0. The number of fused-ring (bicyclic) bond motifs is 1. The Labute approximate surface area is 99.7 Å². The molecule has 0 aliphatic rings. The van der Waals surface area contributed by atoms with Gasteiger partial charge in [-0.3, -0.25) is 0 Å². The van der Waals surface area contributed by atoms with Crippen molar-refractivity contribution < 1.29 is 4.42 Å². The van der Waals surface area contributed by atoms with Gasteiger partial charge in [-0.05, 0) is 31.5 Å². The van der Waals surface area contributed by atoms with E-state index >= 15 is 0 Å². The zero-order valence-electron chi connectivity index (χ0n) is 9.97. The topological polar surface area (TPSA) is 31.0 Å². The van der Waals surface area contributed by atoms with Crippen LogP contribution < -0.4 is 0 Å². The van der Waals surface area contributed by atoms with Gasteiger partial charge in [0.1, 0.15) is 6.26 Å². The summed E-state index contributed by atoms with van der Waals surface area (Å²) in [6.07, 6.45) is 5.33. The SMILES string of the molecule is Cc1ccc2c(c1)c(C)cn2Cc1cocn1. The normalized spacial score (nSPS) is 11.2. The molecular weight excluding hydrogens is 212 g/mol. The molecule has 3 aromatic rings. The number of aryl methyl sites for hydroxylation is 2. The number of hydrogen-bond acceptors (Lipinski definition) is 2. The van der Waals surface area contributed by atoms with E-state index in [4.69, 9.17) is 4.42 Å². The quantitative estimate of drug-likeness (QED) is 0.671. The molecule has 0 saturated carbocycles. The molecule has 3 rings (SSSR count). The second kappa shape index (κ2) is 3.77. The van der Waals surface area contributed by atoms with Gasteiger partial charge >= 0.3 is 0 Å². The largest absolute Gasteiger partial charge is 0.451 e. The predicted octanol–water partition coefficient (Wildman–Crippen LogP) is 3.29. The van der Waals surface area contributed by atoms with Crippen LogP contribution in [0.4, 0.5) is 0 Å². The van der Waals surface area contributed by atoms with Gasteiger partial charge in [0.15, 0.2) is 6.39 Å². The molecule has 0 aliphatic heterocycles. The molecule has 1 aromatic carbocycles. The number of aromatic nitrogens is 2. The molecule has 2 aromatic heterocycles. The maximum atomic E-state index is 5.00. The maximum absolute atomic E-state index is 5.00. The minimum atomic E-state index is 0.754. The summed E-state index contributed by atoms with van der Waals surface area (Å²) in [6.45, 7) is 5.01. The van der Waals surface area contributed by atoms with E-state index in [0.717, 1.165) is 12.2 Å². The Balaban J connectivity index is 2.11. The van der Waals surface area contributed by atoms with Crippen molar-refractivity contribution in [1.82, 2.24) is 9.55 Å². The highest BCUT2D eigenvalue weighted by Gasteiger charge is 2.06. The molecule has 0 unspecified atom stereocenters. The first kappa shape index (κ1) is 10.1. The van der Waals surface area contributed by atoms with E-state index in [1.807, 2.05) is 0 Å². The summed E-state index contributed by atoms with van der Waals surface area (Å²) in [7, 11) is 0. The van der Waals surface area contributed by atoms with Crippen molar-refractivity contribution in [2.45, 2.75) is 20.4 Å². The van der Waals surface area contributed by atoms with Crippen LogP contribution in [0.25, 0.3) is 10.9 Å². The van der Waals surface area contributed by atoms with Gasteiger partial charge in [0, 0.05) is 17.1 Å². The van der Waals surface area contributed by atoms with Crippen molar-refractivity contribution in [2.75, 3.05) is 0 Å². The average molecular weight is 226 g/mol. The summed E-state index contributed by atoms with van der Waals surface area (Å²) < 4.78 is 7.21. The zero-order chi connectivity index (χ0) is 11.8. The van der Waals surface area contributed by atoms with Crippen molar-refractivity contribution in [1.29, 1.82) is 0 Å². The van der Waals surface area contributed by atoms with Gasteiger partial charge in [-0.25, -0.2) is 4.98 Å². The molecule has 0 bridgehead atoms. The highest BCUT2D eigenvalue weighted by Crippen LogP contribution is 2.22. The molecule has 0 aliphatic carbocycles. The first-order chi connectivity index (χ1) is 8.24. The lowest BCUT2D eigenvalue weighted by Gasteiger charge is -2.02. The summed E-state index contributed by atoms with van der Waals surface area (Å²) in [4.78, 5) is 4.16. The monoisotopic (exact) mass is 226 g/mol. The number of benzene rings is 1. The second-order valence-corrected chi connectivity index (χ2v) is 4.44. The van der Waals surface area contributed by atoms with Crippen molar-refractivity contribution in [3.05, 3.63) is 53.9 Å². The van der Waals surface area contributed by atoms with E-state index in [-0.39, 0.29) is 0 Å². The zero-order valence-corrected chi connectivity index (χ0v) is 9.97. The fraction of sp³-hybridized carbons (Fsp3) is 0.214. The molecule has 0 atom stereocenters. The van der Waals surface area contributed by atoms with E-state index in [2.05, 4.69) is 47.8 Å². The number of hydrogen-bond donors (Lipinski definition) is 0. The minimum absolute atomic E-state index is 0.754. The lowest BCUT2D eigenvalue weighted by Crippen LogP contribution is -1.97. The number of rotatable bonds is 2. The fourth-order valence-electron chi connectivity index (χ4n) is 2.21. The Bertz CT molecular complexity index is 650. The van der Waals surface area contributed by atoms with Crippen LogP contribution in [-0.2, 0) is 6.54 Å². The Hall–Kier alpha value is -2.03. The van der Waals surface area contributed by atoms with E-state index in [0.29, 0.717) is 0 Å². The minimum Gasteiger partial charge on any atom is -0.451 e. The molecule has 3 heteroatoms. The summed E-state index contributed by atoms with van der Waals surface area (Å²) in [6, 6.07) is 6.53. The number of oxazole rings is 1. The van der Waals surface area contributed by atoms with Crippen molar-refractivity contribution in [3.8, 4) is 0 Å². The van der Waals surface area contributed by atoms with Crippen LogP contribution in [0.5, 0.6) is 0 Å². The van der Waals surface area contributed by atoms with Crippen molar-refractivity contribution in [2.24, 2.45) is 0 Å². The molecule has 0 amide bonds. The Morgan fingerprint density at radius 2 is 2.18 bits per heavy atom. The smallest absolute Gasteiger partial charge is 0.180 e. The van der Waals surface area contributed by atoms with Gasteiger partial charge in [-0.1, -0.05) is 11.6 Å². The van der Waals surface area contributed by atoms with Crippen molar-refractivity contribution in [3.63, 3.8) is 0 Å². The molecular formula is C14H14N2O. The molecule has 3 nitrogen and oxygen atoms in total. The second-order valence-electron chi connectivity index (χ2n) is 4.44. The molecule has 2 heterocycles. The van der Waals surface area contributed by atoms with E-state index in [9.17, 15) is 0 Å². The van der Waals surface area contributed by atoms with Crippen LogP contribution in [0.15, 0.2) is 41.5 Å². The molecule has 0 radical (unpaired) electrons. The van der Waals surface area contributed by atoms with Crippen LogP contribution in [0.3, 0.4) is 0 Å². The highest BCUT2D eigenvalue weighted by molar-refractivity contribution is 5.84. The van der Waals surface area contributed by atoms with Crippen LogP contribution >= 0.6 is 0 Å². The average Bonchev–Trinajstić information content (AvgIpc) is 2.89. The predicted molar refractivity (Wildman–Crippen MR) is 67.0 cm³/mol. The molecule has 0 N–H and O–H groups in total. The molecule has 0 spiro atoms. The summed E-state index contributed by atoms with van der Waals surface area (Å²) in [5.41, 5.74) is 4.78. The van der Waals surface area contributed by atoms with E-state index < -0.39 is 0 Å². The lowest BCUT2D eigenvalue weighted by atomic mass is 10.1. The summed E-state index contributed by atoms with van der Waals surface area (Å²) in [5, 5.41) is 1.31. The first-order valence-corrected chi connectivity index (χ1v) is 5.67. The van der Waals surface area contributed by atoms with E-state index in [1.165, 1.54) is 28.4 Å². The van der Waals surface area contributed by atoms with Crippen LogP contribution in [0.2, 0.25) is 0 Å². The maximum Gasteiger partial charge on any atom is 0.180 e. The Morgan fingerprint density at radius 3 is 2.94 bits per heavy atom. The third-order valence-corrected chi connectivity index (χ3v) is 3.05. The van der Waals surface area contributed by atoms with Gasteiger partial charge in [0.2, 0.25) is 0 Å². The molecule has 0 saturated heterocycles. The Morgan fingerprint density at radius 1 is 1.29 bits per heavy atom. The molecule has 0 fully saturated rings. The van der Waals surface area contributed by atoms with Crippen LogP contribution in [0.1, 0.15) is 16.8 Å². The lowest BCUT2D eigenvalue weighted by molar-refractivity contribution is 0.555. The standard InChI is InChI=1S/C14H14N2O/c1-10-3-4-14-13(5-10)11(2)6-16(14)7-12-8-17-9-15-12/h3-6,8-9H,7H2,1-2H3. The van der Waals surface area contributed by atoms with Gasteiger partial charge in [0.25, 0.3) is 0 Å². The van der Waals surface area contributed by atoms with E-state index in [1.54, 1.807) is 6.26 Å². The van der Waals surface area contributed by atoms with Crippen LogP contribution in [0, 0.1) is 13.8 Å². The molecule has 86 valence electrons. The van der Waals surface area contributed by atoms with Gasteiger partial charge in [0.05, 0.1) is 12.2 Å². The van der Waals surface area contributed by atoms with Gasteiger partial charge < -0.3 is 8.98 Å².